The van der Waals surface area contributed by atoms with E-state index >= 15 is 0 Å². The summed E-state index contributed by atoms with van der Waals surface area (Å²) in [5.74, 6) is -0.0569. The second kappa shape index (κ2) is 45.5. The summed E-state index contributed by atoms with van der Waals surface area (Å²) in [7, 11) is 0. The van der Waals surface area contributed by atoms with E-state index < -0.39 is 6.10 Å². The van der Waals surface area contributed by atoms with E-state index in [9.17, 15) is 14.4 Å². The van der Waals surface area contributed by atoms with Gasteiger partial charge in [0.25, 0.3) is 0 Å². The highest BCUT2D eigenvalue weighted by Gasteiger charge is 2.19. The molecule has 0 rings (SSSR count). The molecule has 0 aliphatic rings. The quantitative estimate of drug-likeness (QED) is 0.0346. The summed E-state index contributed by atoms with van der Waals surface area (Å²) in [6.45, 7) is 8.98. The van der Waals surface area contributed by atoms with Gasteiger partial charge >= 0.3 is 17.9 Å². The number of esters is 3. The van der Waals surface area contributed by atoms with E-state index in [4.69, 9.17) is 14.2 Å². The first kappa shape index (κ1) is 55.4. The molecule has 0 amide bonds. The Morgan fingerprint density at radius 2 is 0.579 bits per heavy atom. The third-order valence-corrected chi connectivity index (χ3v) is 11.5. The van der Waals surface area contributed by atoms with Crippen molar-refractivity contribution in [2.45, 2.75) is 291 Å². The Hall–Kier alpha value is -1.59. The molecule has 57 heavy (non-hydrogen) atoms. The van der Waals surface area contributed by atoms with Crippen LogP contribution >= 0.6 is 0 Å². The second-order valence-corrected chi connectivity index (χ2v) is 17.9. The van der Waals surface area contributed by atoms with Gasteiger partial charge in [-0.1, -0.05) is 246 Å². The van der Waals surface area contributed by atoms with Crippen LogP contribution in [-0.4, -0.2) is 37.2 Å². The normalized spacial score (nSPS) is 11.9. The summed E-state index contributed by atoms with van der Waals surface area (Å²) >= 11 is 0. The van der Waals surface area contributed by atoms with E-state index in [1.165, 1.54) is 180 Å². The molecule has 6 heteroatoms. The lowest BCUT2D eigenvalue weighted by Crippen LogP contribution is -2.30. The van der Waals surface area contributed by atoms with Gasteiger partial charge in [-0.25, -0.2) is 0 Å². The average Bonchev–Trinajstić information content (AvgIpc) is 3.19. The van der Waals surface area contributed by atoms with Crippen molar-refractivity contribution in [1.29, 1.82) is 0 Å². The van der Waals surface area contributed by atoms with Crippen LogP contribution < -0.4 is 0 Å². The number of carbonyl (C=O) groups excluding carboxylic acids is 3. The molecule has 0 aromatic heterocycles. The number of hydrogen-bond acceptors (Lipinski definition) is 6. The van der Waals surface area contributed by atoms with Crippen molar-refractivity contribution < 1.29 is 28.6 Å². The maximum atomic E-state index is 12.7. The molecular formula is C51H98O6. The summed E-state index contributed by atoms with van der Waals surface area (Å²) in [6, 6.07) is 0. The molecule has 0 unspecified atom stereocenters. The molecule has 0 N–H and O–H groups in total. The zero-order chi connectivity index (χ0) is 41.7. The van der Waals surface area contributed by atoms with Gasteiger partial charge in [-0.05, 0) is 25.2 Å². The van der Waals surface area contributed by atoms with E-state index in [0.29, 0.717) is 19.3 Å². The zero-order valence-corrected chi connectivity index (χ0v) is 38.8. The lowest BCUT2D eigenvalue weighted by Gasteiger charge is -2.18. The highest BCUT2D eigenvalue weighted by atomic mass is 16.6. The van der Waals surface area contributed by atoms with Gasteiger partial charge in [0.15, 0.2) is 6.10 Å². The van der Waals surface area contributed by atoms with Crippen molar-refractivity contribution in [3.05, 3.63) is 0 Å². The second-order valence-electron chi connectivity index (χ2n) is 17.9. The fourth-order valence-corrected chi connectivity index (χ4v) is 7.69. The number of unbranched alkanes of at least 4 members (excludes halogenated alkanes) is 33. The standard InChI is InChI=1S/C51H98O6/c1-5-7-9-11-13-15-17-18-19-20-21-22-23-24-26-31-35-39-43-50(53)56-46-48(45-55-49(52)42-38-34-30-25-16-14-12-10-8-6-2)57-51(54)44-40-36-32-28-27-29-33-37-41-47(3)4/h47-48H,5-46H2,1-4H3/t48-/m0/s1. The maximum Gasteiger partial charge on any atom is 0.306 e. The average molecular weight is 807 g/mol. The fourth-order valence-electron chi connectivity index (χ4n) is 7.69. The molecule has 0 saturated carbocycles. The predicted molar refractivity (Wildman–Crippen MR) is 243 cm³/mol. The molecule has 0 fully saturated rings. The van der Waals surface area contributed by atoms with Gasteiger partial charge in [-0.2, -0.15) is 0 Å². The van der Waals surface area contributed by atoms with E-state index in [-0.39, 0.29) is 31.1 Å². The van der Waals surface area contributed by atoms with Crippen LogP contribution in [0.1, 0.15) is 285 Å². The van der Waals surface area contributed by atoms with Gasteiger partial charge in [0.1, 0.15) is 13.2 Å². The van der Waals surface area contributed by atoms with Gasteiger partial charge in [0.2, 0.25) is 0 Å². The molecule has 0 saturated heterocycles. The molecule has 0 bridgehead atoms. The van der Waals surface area contributed by atoms with E-state index in [1.54, 1.807) is 0 Å². The fraction of sp³-hybridized carbons (Fsp3) is 0.941. The summed E-state index contributed by atoms with van der Waals surface area (Å²) < 4.78 is 16.8. The van der Waals surface area contributed by atoms with Gasteiger partial charge in [-0.3, -0.25) is 14.4 Å². The monoisotopic (exact) mass is 807 g/mol. The Bertz CT molecular complexity index is 857. The molecule has 6 nitrogen and oxygen atoms in total. The summed E-state index contributed by atoms with van der Waals surface area (Å²) in [4.78, 5) is 37.8. The van der Waals surface area contributed by atoms with Crippen molar-refractivity contribution in [3.63, 3.8) is 0 Å². The van der Waals surface area contributed by atoms with Gasteiger partial charge < -0.3 is 14.2 Å². The largest absolute Gasteiger partial charge is 0.462 e. The number of hydrogen-bond donors (Lipinski definition) is 0. The van der Waals surface area contributed by atoms with E-state index in [2.05, 4.69) is 27.7 Å². The van der Waals surface area contributed by atoms with Gasteiger partial charge in [0.05, 0.1) is 0 Å². The number of carbonyl (C=O) groups is 3. The van der Waals surface area contributed by atoms with Crippen LogP contribution in [0.4, 0.5) is 0 Å². The highest BCUT2D eigenvalue weighted by molar-refractivity contribution is 5.71. The number of rotatable bonds is 46. The number of ether oxygens (including phenoxy) is 3. The Morgan fingerprint density at radius 1 is 0.333 bits per heavy atom. The minimum Gasteiger partial charge on any atom is -0.462 e. The molecule has 0 radical (unpaired) electrons. The molecule has 0 aliphatic heterocycles. The topological polar surface area (TPSA) is 78.9 Å². The molecule has 0 spiro atoms. The Balaban J connectivity index is 4.23. The van der Waals surface area contributed by atoms with Crippen molar-refractivity contribution in [2.75, 3.05) is 13.2 Å². The first-order chi connectivity index (χ1) is 27.9. The first-order valence-electron chi connectivity index (χ1n) is 25.4. The lowest BCUT2D eigenvalue weighted by molar-refractivity contribution is -0.167. The Morgan fingerprint density at radius 3 is 0.860 bits per heavy atom. The van der Waals surface area contributed by atoms with Crippen LogP contribution in [0.3, 0.4) is 0 Å². The Kier molecular flexibility index (Phi) is 44.2. The summed E-state index contributed by atoms with van der Waals surface area (Å²) in [5, 5.41) is 0. The van der Waals surface area contributed by atoms with Crippen LogP contribution in [0.2, 0.25) is 0 Å². The van der Waals surface area contributed by atoms with Crippen molar-refractivity contribution >= 4 is 17.9 Å². The summed E-state index contributed by atoms with van der Waals surface area (Å²) in [6.07, 6.45) is 46.7. The summed E-state index contributed by atoms with van der Waals surface area (Å²) in [5.41, 5.74) is 0. The van der Waals surface area contributed by atoms with Crippen LogP contribution in [-0.2, 0) is 28.6 Å². The molecular weight excluding hydrogens is 709 g/mol. The smallest absolute Gasteiger partial charge is 0.306 e. The highest BCUT2D eigenvalue weighted by Crippen LogP contribution is 2.17. The van der Waals surface area contributed by atoms with Crippen molar-refractivity contribution in [3.8, 4) is 0 Å². The third-order valence-electron chi connectivity index (χ3n) is 11.5. The predicted octanol–water partition coefficient (Wildman–Crippen LogP) is 16.3. The van der Waals surface area contributed by atoms with Crippen LogP contribution in [0.25, 0.3) is 0 Å². The van der Waals surface area contributed by atoms with Crippen molar-refractivity contribution in [2.24, 2.45) is 5.92 Å². The van der Waals surface area contributed by atoms with E-state index in [1.807, 2.05) is 0 Å². The van der Waals surface area contributed by atoms with Crippen LogP contribution in [0.5, 0.6) is 0 Å². The van der Waals surface area contributed by atoms with Gasteiger partial charge in [0, 0.05) is 19.3 Å². The van der Waals surface area contributed by atoms with Crippen molar-refractivity contribution in [1.82, 2.24) is 0 Å². The van der Waals surface area contributed by atoms with Crippen LogP contribution in [0, 0.1) is 5.92 Å². The first-order valence-corrected chi connectivity index (χ1v) is 25.4. The molecule has 338 valence electrons. The Labute approximate surface area is 355 Å². The molecule has 0 aromatic rings. The minimum atomic E-state index is -0.760. The van der Waals surface area contributed by atoms with Crippen LogP contribution in [0.15, 0.2) is 0 Å². The third kappa shape index (κ3) is 45.3. The van der Waals surface area contributed by atoms with Gasteiger partial charge in [-0.15, -0.1) is 0 Å². The zero-order valence-electron chi connectivity index (χ0n) is 38.8. The lowest BCUT2D eigenvalue weighted by atomic mass is 10.0. The molecule has 0 aliphatic carbocycles. The maximum absolute atomic E-state index is 12.7. The van der Waals surface area contributed by atoms with E-state index in [0.717, 1.165) is 63.7 Å². The minimum absolute atomic E-state index is 0.0635. The SMILES string of the molecule is CCCCCCCCCCCCCCCCCCCCC(=O)OC[C@H](COC(=O)CCCCCCCCCCCC)OC(=O)CCCCCCCCCCC(C)C. The molecule has 0 aromatic carbocycles. The molecule has 1 atom stereocenters. The molecule has 0 heterocycles.